The second kappa shape index (κ2) is 10.0. The van der Waals surface area contributed by atoms with E-state index < -0.39 is 0 Å². The highest BCUT2D eigenvalue weighted by atomic mass is 32.1. The lowest BCUT2D eigenvalue weighted by Gasteiger charge is -2.10. The number of carbonyl (C=O) groups excluding carboxylic acids is 1. The molecule has 4 aromatic rings. The number of ether oxygens (including phenoxy) is 1. The van der Waals surface area contributed by atoms with Gasteiger partial charge in [0.05, 0.1) is 17.9 Å². The molecule has 158 valence electrons. The average Bonchev–Trinajstić information content (AvgIpc) is 3.48. The van der Waals surface area contributed by atoms with E-state index in [1.54, 1.807) is 23.5 Å². The number of nitrogens with one attached hydrogen (secondary N) is 1. The highest BCUT2D eigenvalue weighted by molar-refractivity contribution is 7.13. The molecule has 0 fully saturated rings. The van der Waals surface area contributed by atoms with Gasteiger partial charge >= 0.3 is 0 Å². The lowest BCUT2D eigenvalue weighted by molar-refractivity contribution is 0.102. The molecule has 0 spiro atoms. The molecule has 1 amide bonds. The van der Waals surface area contributed by atoms with Crippen molar-refractivity contribution in [1.82, 2.24) is 10.1 Å². The summed E-state index contributed by atoms with van der Waals surface area (Å²) >= 11 is 1.56. The number of unbranched alkanes of at least 4 members (excludes halogenated alkanes) is 1. The predicted octanol–water partition coefficient (Wildman–Crippen LogP) is 5.82. The van der Waals surface area contributed by atoms with Crippen LogP contribution in [0.1, 0.15) is 41.6 Å². The molecule has 0 bridgehead atoms. The molecule has 6 nitrogen and oxygen atoms in total. The minimum Gasteiger partial charge on any atom is -0.494 e. The number of para-hydroxylation sites is 1. The molecule has 2 aromatic heterocycles. The maximum atomic E-state index is 12.7. The molecule has 0 unspecified atom stereocenters. The Labute approximate surface area is 184 Å². The number of amides is 1. The Balaban J connectivity index is 1.43. The first-order valence-corrected chi connectivity index (χ1v) is 11.1. The fourth-order valence-corrected chi connectivity index (χ4v) is 3.67. The molecule has 0 saturated carbocycles. The first kappa shape index (κ1) is 20.8. The Bertz CT molecular complexity index is 1120. The molecule has 0 radical (unpaired) electrons. The number of nitrogens with zero attached hydrogens (tertiary/aromatic N) is 2. The van der Waals surface area contributed by atoms with Gasteiger partial charge < -0.3 is 14.6 Å². The monoisotopic (exact) mass is 433 g/mol. The van der Waals surface area contributed by atoms with Gasteiger partial charge in [0.25, 0.3) is 5.91 Å². The van der Waals surface area contributed by atoms with Crippen LogP contribution in [0.3, 0.4) is 0 Å². The zero-order valence-corrected chi connectivity index (χ0v) is 18.0. The third-order valence-corrected chi connectivity index (χ3v) is 5.57. The standard InChI is InChI=1S/C24H23N3O3S/c1-2-3-14-29-19-12-10-17(11-13-19)24(28)25-20-8-5-4-7-18(20)16-22-26-23(27-30-22)21-9-6-15-31-21/h4-13,15H,2-3,14,16H2,1H3,(H,25,28). The second-order valence-electron chi connectivity index (χ2n) is 7.00. The summed E-state index contributed by atoms with van der Waals surface area (Å²) in [5.41, 5.74) is 2.18. The summed E-state index contributed by atoms with van der Waals surface area (Å²) in [6, 6.07) is 18.7. The van der Waals surface area contributed by atoms with Crippen LogP contribution in [0, 0.1) is 0 Å². The molecular formula is C24H23N3O3S. The van der Waals surface area contributed by atoms with Crippen molar-refractivity contribution in [3.05, 3.63) is 83.1 Å². The van der Waals surface area contributed by atoms with Crippen LogP contribution in [0.5, 0.6) is 5.75 Å². The Morgan fingerprint density at radius 3 is 2.71 bits per heavy atom. The summed E-state index contributed by atoms with van der Waals surface area (Å²) in [4.78, 5) is 18.2. The lowest BCUT2D eigenvalue weighted by atomic mass is 10.1. The van der Waals surface area contributed by atoms with Crippen molar-refractivity contribution in [3.8, 4) is 16.5 Å². The predicted molar refractivity (Wildman–Crippen MR) is 122 cm³/mol. The lowest BCUT2D eigenvalue weighted by Crippen LogP contribution is -2.13. The van der Waals surface area contributed by atoms with E-state index in [1.165, 1.54) is 0 Å². The SMILES string of the molecule is CCCCOc1ccc(C(=O)Nc2ccccc2Cc2nc(-c3cccs3)no2)cc1. The maximum absolute atomic E-state index is 12.7. The molecule has 2 aromatic carbocycles. The topological polar surface area (TPSA) is 77.2 Å². The smallest absolute Gasteiger partial charge is 0.255 e. The van der Waals surface area contributed by atoms with Gasteiger partial charge in [-0.3, -0.25) is 4.79 Å². The quantitative estimate of drug-likeness (QED) is 0.337. The molecular weight excluding hydrogens is 410 g/mol. The number of aromatic nitrogens is 2. The molecule has 7 heteroatoms. The van der Waals surface area contributed by atoms with Gasteiger partial charge in [-0.15, -0.1) is 11.3 Å². The van der Waals surface area contributed by atoms with Gasteiger partial charge in [0.2, 0.25) is 11.7 Å². The highest BCUT2D eigenvalue weighted by Crippen LogP contribution is 2.24. The van der Waals surface area contributed by atoms with Crippen molar-refractivity contribution < 1.29 is 14.1 Å². The van der Waals surface area contributed by atoms with Gasteiger partial charge in [0.15, 0.2) is 0 Å². The fraction of sp³-hybridized carbons (Fsp3) is 0.208. The molecule has 0 atom stereocenters. The summed E-state index contributed by atoms with van der Waals surface area (Å²) in [6.07, 6.45) is 2.52. The van der Waals surface area contributed by atoms with E-state index in [1.807, 2.05) is 53.9 Å². The number of benzene rings is 2. The van der Waals surface area contributed by atoms with E-state index in [-0.39, 0.29) is 5.91 Å². The van der Waals surface area contributed by atoms with Gasteiger partial charge in [0, 0.05) is 11.3 Å². The first-order chi connectivity index (χ1) is 15.2. The van der Waals surface area contributed by atoms with E-state index in [2.05, 4.69) is 22.4 Å². The normalized spacial score (nSPS) is 10.7. The number of anilines is 1. The summed E-state index contributed by atoms with van der Waals surface area (Å²) < 4.78 is 11.1. The van der Waals surface area contributed by atoms with Crippen molar-refractivity contribution in [2.45, 2.75) is 26.2 Å². The van der Waals surface area contributed by atoms with Crippen molar-refractivity contribution in [1.29, 1.82) is 0 Å². The van der Waals surface area contributed by atoms with Crippen LogP contribution < -0.4 is 10.1 Å². The Morgan fingerprint density at radius 1 is 1.10 bits per heavy atom. The molecule has 0 aliphatic rings. The Hall–Kier alpha value is -3.45. The number of carbonyl (C=O) groups is 1. The van der Waals surface area contributed by atoms with Gasteiger partial charge in [-0.2, -0.15) is 4.98 Å². The summed E-state index contributed by atoms with van der Waals surface area (Å²) in [6.45, 7) is 2.80. The van der Waals surface area contributed by atoms with Crippen LogP contribution >= 0.6 is 11.3 Å². The van der Waals surface area contributed by atoms with Gasteiger partial charge in [-0.25, -0.2) is 0 Å². The van der Waals surface area contributed by atoms with E-state index in [0.717, 1.165) is 29.0 Å². The summed E-state index contributed by atoms with van der Waals surface area (Å²) in [5.74, 6) is 1.66. The minimum atomic E-state index is -0.183. The number of thiophene rings is 1. The van der Waals surface area contributed by atoms with Crippen LogP contribution in [0.2, 0.25) is 0 Å². The summed E-state index contributed by atoms with van der Waals surface area (Å²) in [5, 5.41) is 9.01. The Morgan fingerprint density at radius 2 is 1.94 bits per heavy atom. The average molecular weight is 434 g/mol. The molecule has 0 aliphatic carbocycles. The summed E-state index contributed by atoms with van der Waals surface area (Å²) in [7, 11) is 0. The Kier molecular flexibility index (Phi) is 6.74. The van der Waals surface area contributed by atoms with Crippen LogP contribution in [-0.4, -0.2) is 22.7 Å². The van der Waals surface area contributed by atoms with Crippen molar-refractivity contribution in [2.24, 2.45) is 0 Å². The van der Waals surface area contributed by atoms with Crippen molar-refractivity contribution in [2.75, 3.05) is 11.9 Å². The van der Waals surface area contributed by atoms with Crippen LogP contribution in [-0.2, 0) is 6.42 Å². The molecule has 0 saturated heterocycles. The second-order valence-corrected chi connectivity index (χ2v) is 7.95. The van der Waals surface area contributed by atoms with Gasteiger partial charge in [-0.05, 0) is 53.8 Å². The third-order valence-electron chi connectivity index (χ3n) is 4.70. The number of hydrogen-bond acceptors (Lipinski definition) is 6. The van der Waals surface area contributed by atoms with E-state index in [4.69, 9.17) is 9.26 Å². The van der Waals surface area contributed by atoms with Crippen LogP contribution in [0.25, 0.3) is 10.7 Å². The third kappa shape index (κ3) is 5.38. The van der Waals surface area contributed by atoms with Gasteiger partial charge in [0.1, 0.15) is 5.75 Å². The zero-order chi connectivity index (χ0) is 21.5. The van der Waals surface area contributed by atoms with Gasteiger partial charge in [-0.1, -0.05) is 42.8 Å². The zero-order valence-electron chi connectivity index (χ0n) is 17.2. The molecule has 0 aliphatic heterocycles. The fourth-order valence-electron chi connectivity index (χ4n) is 3.02. The first-order valence-electron chi connectivity index (χ1n) is 10.2. The largest absolute Gasteiger partial charge is 0.494 e. The van der Waals surface area contributed by atoms with Crippen LogP contribution in [0.15, 0.2) is 70.6 Å². The van der Waals surface area contributed by atoms with Crippen LogP contribution in [0.4, 0.5) is 5.69 Å². The molecule has 31 heavy (non-hydrogen) atoms. The molecule has 1 N–H and O–H groups in total. The van der Waals surface area contributed by atoms with Crippen molar-refractivity contribution >= 4 is 22.9 Å². The van der Waals surface area contributed by atoms with E-state index >= 15 is 0 Å². The number of hydrogen-bond donors (Lipinski definition) is 1. The molecule has 4 rings (SSSR count). The van der Waals surface area contributed by atoms with Crippen molar-refractivity contribution in [3.63, 3.8) is 0 Å². The maximum Gasteiger partial charge on any atom is 0.255 e. The van der Waals surface area contributed by atoms with E-state index in [9.17, 15) is 4.79 Å². The molecule has 2 heterocycles. The highest BCUT2D eigenvalue weighted by Gasteiger charge is 2.14. The number of rotatable bonds is 9. The van der Waals surface area contributed by atoms with E-state index in [0.29, 0.717) is 36.0 Å². The minimum absolute atomic E-state index is 0.183.